The Hall–Kier alpha value is -2.99. The van der Waals surface area contributed by atoms with Crippen LogP contribution in [-0.2, 0) is 16.1 Å². The molecule has 24 heavy (non-hydrogen) atoms. The standard InChI is InChI=1S/C18H16N2O4/c1-12-7-8-15-19-14(9-16(21)20(15)10-12)11-24-18(23)17(22)13-5-3-2-4-6-13/h2-10,17,22H,11H2,1H3/t17-/m1/s1. The molecule has 122 valence electrons. The second kappa shape index (κ2) is 6.64. The van der Waals surface area contributed by atoms with E-state index in [-0.39, 0.29) is 12.2 Å². The fraction of sp³-hybridized carbons (Fsp3) is 0.167. The highest BCUT2D eigenvalue weighted by molar-refractivity contribution is 5.76. The molecule has 1 aromatic carbocycles. The summed E-state index contributed by atoms with van der Waals surface area (Å²) in [5, 5.41) is 9.96. The van der Waals surface area contributed by atoms with E-state index in [4.69, 9.17) is 4.74 Å². The van der Waals surface area contributed by atoms with Crippen molar-refractivity contribution in [2.75, 3.05) is 0 Å². The first-order valence-electron chi connectivity index (χ1n) is 7.43. The zero-order chi connectivity index (χ0) is 17.1. The normalized spacial score (nSPS) is 12.1. The quantitative estimate of drug-likeness (QED) is 0.740. The van der Waals surface area contributed by atoms with Crippen molar-refractivity contribution in [1.82, 2.24) is 9.38 Å². The van der Waals surface area contributed by atoms with Gasteiger partial charge >= 0.3 is 5.97 Å². The van der Waals surface area contributed by atoms with Crippen molar-refractivity contribution in [2.24, 2.45) is 0 Å². The second-order valence-corrected chi connectivity index (χ2v) is 5.44. The molecule has 1 N–H and O–H groups in total. The molecular formula is C18H16N2O4. The van der Waals surface area contributed by atoms with E-state index in [1.54, 1.807) is 42.6 Å². The van der Waals surface area contributed by atoms with Crippen LogP contribution in [0, 0.1) is 6.92 Å². The molecule has 0 amide bonds. The number of pyridine rings is 1. The average Bonchev–Trinajstić information content (AvgIpc) is 2.60. The zero-order valence-corrected chi connectivity index (χ0v) is 13.0. The fourth-order valence-electron chi connectivity index (χ4n) is 2.33. The van der Waals surface area contributed by atoms with Gasteiger partial charge in [-0.1, -0.05) is 36.4 Å². The van der Waals surface area contributed by atoms with E-state index in [9.17, 15) is 14.7 Å². The number of hydrogen-bond acceptors (Lipinski definition) is 5. The van der Waals surface area contributed by atoms with Crippen molar-refractivity contribution in [1.29, 1.82) is 0 Å². The Balaban J connectivity index is 1.75. The number of carbonyl (C=O) groups is 1. The number of aliphatic hydroxyl groups is 1. The van der Waals surface area contributed by atoms with Crippen LogP contribution in [0.2, 0.25) is 0 Å². The number of aliphatic hydroxyl groups excluding tert-OH is 1. The van der Waals surface area contributed by atoms with Gasteiger partial charge in [-0.25, -0.2) is 9.78 Å². The molecule has 3 aromatic rings. The smallest absolute Gasteiger partial charge is 0.340 e. The van der Waals surface area contributed by atoms with Crippen molar-refractivity contribution in [3.05, 3.63) is 81.9 Å². The van der Waals surface area contributed by atoms with Crippen LogP contribution in [0.1, 0.15) is 22.9 Å². The minimum atomic E-state index is -1.37. The first-order valence-corrected chi connectivity index (χ1v) is 7.43. The Morgan fingerprint density at radius 3 is 2.75 bits per heavy atom. The lowest BCUT2D eigenvalue weighted by Crippen LogP contribution is -2.19. The third kappa shape index (κ3) is 3.33. The minimum Gasteiger partial charge on any atom is -0.457 e. The van der Waals surface area contributed by atoms with Gasteiger partial charge in [0.1, 0.15) is 12.3 Å². The maximum absolute atomic E-state index is 12.1. The summed E-state index contributed by atoms with van der Waals surface area (Å²) in [4.78, 5) is 28.3. The van der Waals surface area contributed by atoms with Crippen molar-refractivity contribution in [2.45, 2.75) is 19.6 Å². The number of nitrogens with zero attached hydrogens (tertiary/aromatic N) is 2. The van der Waals surface area contributed by atoms with Gasteiger partial charge in [-0.3, -0.25) is 9.20 Å². The van der Waals surface area contributed by atoms with Gasteiger partial charge in [-0.05, 0) is 24.1 Å². The third-order valence-electron chi connectivity index (χ3n) is 3.56. The van der Waals surface area contributed by atoms with Crippen LogP contribution in [0.4, 0.5) is 0 Å². The molecular weight excluding hydrogens is 308 g/mol. The predicted octanol–water partition coefficient (Wildman–Crippen LogP) is 1.78. The molecule has 1 atom stereocenters. The summed E-state index contributed by atoms with van der Waals surface area (Å²) in [5.41, 5.74) is 1.94. The van der Waals surface area contributed by atoms with Crippen molar-refractivity contribution in [3.8, 4) is 0 Å². The lowest BCUT2D eigenvalue weighted by molar-refractivity contribution is -0.155. The monoisotopic (exact) mass is 324 g/mol. The SMILES string of the molecule is Cc1ccc2nc(COC(=O)[C@H](O)c3ccccc3)cc(=O)n2c1. The number of benzene rings is 1. The van der Waals surface area contributed by atoms with Crippen LogP contribution in [0.25, 0.3) is 5.65 Å². The Bertz CT molecular complexity index is 935. The zero-order valence-electron chi connectivity index (χ0n) is 13.0. The summed E-state index contributed by atoms with van der Waals surface area (Å²) in [5.74, 6) is -0.785. The Kier molecular flexibility index (Phi) is 4.39. The molecule has 2 heterocycles. The lowest BCUT2D eigenvalue weighted by Gasteiger charge is -2.11. The number of rotatable bonds is 4. The van der Waals surface area contributed by atoms with Gasteiger partial charge in [0.15, 0.2) is 6.10 Å². The molecule has 3 rings (SSSR count). The van der Waals surface area contributed by atoms with E-state index in [1.165, 1.54) is 10.5 Å². The van der Waals surface area contributed by atoms with E-state index in [0.29, 0.717) is 16.9 Å². The van der Waals surface area contributed by atoms with Gasteiger partial charge in [0.05, 0.1) is 5.69 Å². The molecule has 0 bridgehead atoms. The fourth-order valence-corrected chi connectivity index (χ4v) is 2.33. The van der Waals surface area contributed by atoms with Crippen molar-refractivity contribution < 1.29 is 14.6 Å². The summed E-state index contributed by atoms with van der Waals surface area (Å²) >= 11 is 0. The second-order valence-electron chi connectivity index (χ2n) is 5.44. The summed E-state index contributed by atoms with van der Waals surface area (Å²) in [7, 11) is 0. The number of esters is 1. The van der Waals surface area contributed by atoms with Gasteiger partial charge in [-0.15, -0.1) is 0 Å². The highest BCUT2D eigenvalue weighted by Crippen LogP contribution is 2.14. The molecule has 0 radical (unpaired) electrons. The number of ether oxygens (including phenoxy) is 1. The molecule has 0 aliphatic carbocycles. The van der Waals surface area contributed by atoms with Gasteiger partial charge in [-0.2, -0.15) is 0 Å². The molecule has 6 heteroatoms. The summed E-state index contributed by atoms with van der Waals surface area (Å²) < 4.78 is 6.50. The van der Waals surface area contributed by atoms with E-state index in [1.807, 2.05) is 13.0 Å². The highest BCUT2D eigenvalue weighted by atomic mass is 16.5. The Morgan fingerprint density at radius 1 is 1.25 bits per heavy atom. The number of carbonyl (C=O) groups excluding carboxylic acids is 1. The average molecular weight is 324 g/mol. The predicted molar refractivity (Wildman–Crippen MR) is 87.4 cm³/mol. The number of aromatic nitrogens is 2. The first-order chi connectivity index (χ1) is 11.5. The van der Waals surface area contributed by atoms with Crippen LogP contribution in [0.5, 0.6) is 0 Å². The van der Waals surface area contributed by atoms with Crippen LogP contribution in [-0.4, -0.2) is 20.5 Å². The first kappa shape index (κ1) is 15.9. The minimum absolute atomic E-state index is 0.178. The molecule has 0 aliphatic heterocycles. The van der Waals surface area contributed by atoms with Crippen molar-refractivity contribution in [3.63, 3.8) is 0 Å². The van der Waals surface area contributed by atoms with Gasteiger partial charge in [0.2, 0.25) is 0 Å². The van der Waals surface area contributed by atoms with Crippen LogP contribution < -0.4 is 5.56 Å². The lowest BCUT2D eigenvalue weighted by atomic mass is 10.1. The van der Waals surface area contributed by atoms with Crippen LogP contribution in [0.15, 0.2) is 59.5 Å². The molecule has 6 nitrogen and oxygen atoms in total. The van der Waals surface area contributed by atoms with Gasteiger partial charge in [0.25, 0.3) is 5.56 Å². The number of hydrogen-bond donors (Lipinski definition) is 1. The van der Waals surface area contributed by atoms with E-state index >= 15 is 0 Å². The largest absolute Gasteiger partial charge is 0.457 e. The topological polar surface area (TPSA) is 80.9 Å². The maximum atomic E-state index is 12.1. The van der Waals surface area contributed by atoms with Crippen molar-refractivity contribution >= 4 is 11.6 Å². The summed E-state index contributed by atoms with van der Waals surface area (Å²) in [6.07, 6.45) is 0.329. The molecule has 0 unspecified atom stereocenters. The maximum Gasteiger partial charge on any atom is 0.340 e. The van der Waals surface area contributed by atoms with Crippen LogP contribution in [0.3, 0.4) is 0 Å². The van der Waals surface area contributed by atoms with E-state index < -0.39 is 12.1 Å². The Morgan fingerprint density at radius 2 is 2.00 bits per heavy atom. The summed E-state index contributed by atoms with van der Waals surface area (Å²) in [6, 6.07) is 13.4. The van der Waals surface area contributed by atoms with Gasteiger partial charge in [0, 0.05) is 12.3 Å². The van der Waals surface area contributed by atoms with E-state index in [0.717, 1.165) is 5.56 Å². The molecule has 0 saturated carbocycles. The molecule has 0 aliphatic rings. The summed E-state index contributed by atoms with van der Waals surface area (Å²) in [6.45, 7) is 1.70. The number of aryl methyl sites for hydroxylation is 1. The number of fused-ring (bicyclic) bond motifs is 1. The van der Waals surface area contributed by atoms with Gasteiger partial charge < -0.3 is 9.84 Å². The molecule has 2 aromatic heterocycles. The van der Waals surface area contributed by atoms with Crippen LogP contribution >= 0.6 is 0 Å². The molecule has 0 spiro atoms. The molecule has 0 saturated heterocycles. The Labute approximate surface area is 138 Å². The highest BCUT2D eigenvalue weighted by Gasteiger charge is 2.19. The molecule has 0 fully saturated rings. The third-order valence-corrected chi connectivity index (χ3v) is 3.56. The van der Waals surface area contributed by atoms with E-state index in [2.05, 4.69) is 4.98 Å².